The van der Waals surface area contributed by atoms with Crippen molar-refractivity contribution in [1.82, 2.24) is 15.4 Å². The molecule has 3 N–H and O–H groups in total. The minimum atomic E-state index is 0.372. The molecule has 0 amide bonds. The molecule has 7 heteroatoms. The number of hydrogen-bond donors (Lipinski definition) is 2. The lowest BCUT2D eigenvalue weighted by atomic mass is 10.1. The second kappa shape index (κ2) is 5.03. The average Bonchev–Trinajstić information content (AvgIpc) is 3.07. The van der Waals surface area contributed by atoms with Crippen LogP contribution in [0.4, 0.5) is 5.13 Å². The number of hydrogen-bond acceptors (Lipinski definition) is 7. The molecule has 0 saturated heterocycles. The van der Waals surface area contributed by atoms with Crippen LogP contribution in [0.1, 0.15) is 19.3 Å². The van der Waals surface area contributed by atoms with E-state index in [4.69, 9.17) is 10.3 Å². The van der Waals surface area contributed by atoms with Crippen LogP contribution in [0.5, 0.6) is 0 Å². The summed E-state index contributed by atoms with van der Waals surface area (Å²) < 4.78 is 4.79. The summed E-state index contributed by atoms with van der Waals surface area (Å²) in [6.45, 7) is 0.918. The van der Waals surface area contributed by atoms with Gasteiger partial charge in [-0.2, -0.15) is 0 Å². The van der Waals surface area contributed by atoms with E-state index in [0.717, 1.165) is 35.2 Å². The van der Waals surface area contributed by atoms with Crippen LogP contribution < -0.4 is 11.1 Å². The van der Waals surface area contributed by atoms with Crippen molar-refractivity contribution in [3.8, 4) is 10.7 Å². The van der Waals surface area contributed by atoms with Gasteiger partial charge in [-0.3, -0.25) is 0 Å². The third-order valence-electron chi connectivity index (χ3n) is 3.21. The van der Waals surface area contributed by atoms with E-state index in [1.165, 1.54) is 24.0 Å². The fraction of sp³-hybridized carbons (Fsp3) is 0.545. The summed E-state index contributed by atoms with van der Waals surface area (Å²) in [5.74, 6) is 0.652. The topological polar surface area (TPSA) is 89.9 Å². The van der Waals surface area contributed by atoms with Crippen LogP contribution in [0.3, 0.4) is 0 Å². The molecule has 2 atom stereocenters. The Bertz CT molecular complexity index is 497. The van der Waals surface area contributed by atoms with Gasteiger partial charge in [-0.25, -0.2) is 0 Å². The second-order valence-corrected chi connectivity index (χ2v) is 5.59. The summed E-state index contributed by atoms with van der Waals surface area (Å²) in [7, 11) is 0. The Hall–Kier alpha value is -1.47. The number of rotatable bonds is 4. The van der Waals surface area contributed by atoms with E-state index < -0.39 is 0 Å². The van der Waals surface area contributed by atoms with Gasteiger partial charge in [-0.05, 0) is 25.2 Å². The Morgan fingerprint density at radius 1 is 1.44 bits per heavy atom. The van der Waals surface area contributed by atoms with E-state index in [2.05, 4.69) is 20.7 Å². The average molecular weight is 265 g/mol. The Morgan fingerprint density at radius 2 is 2.39 bits per heavy atom. The molecule has 0 unspecified atom stereocenters. The first-order chi connectivity index (χ1) is 8.81. The Balaban J connectivity index is 1.57. The van der Waals surface area contributed by atoms with E-state index in [0.29, 0.717) is 12.0 Å². The molecule has 1 aliphatic rings. The molecule has 18 heavy (non-hydrogen) atoms. The summed E-state index contributed by atoms with van der Waals surface area (Å²) in [4.78, 5) is 0. The molecule has 2 aromatic heterocycles. The van der Waals surface area contributed by atoms with Crippen molar-refractivity contribution in [2.24, 2.45) is 11.7 Å². The number of nitrogens with zero attached hydrogens (tertiary/aromatic N) is 3. The molecule has 0 aliphatic heterocycles. The van der Waals surface area contributed by atoms with E-state index in [1.807, 2.05) is 0 Å². The minimum Gasteiger partial charge on any atom is -0.364 e. The Morgan fingerprint density at radius 3 is 3.11 bits per heavy atom. The molecule has 1 saturated carbocycles. The fourth-order valence-corrected chi connectivity index (χ4v) is 2.96. The lowest BCUT2D eigenvalue weighted by Crippen LogP contribution is -2.17. The summed E-state index contributed by atoms with van der Waals surface area (Å²) in [5, 5.41) is 16.9. The van der Waals surface area contributed by atoms with Gasteiger partial charge in [-0.15, -0.1) is 10.2 Å². The maximum Gasteiger partial charge on any atom is 0.206 e. The molecule has 1 aliphatic carbocycles. The molecular weight excluding hydrogens is 250 g/mol. The largest absolute Gasteiger partial charge is 0.364 e. The lowest BCUT2D eigenvalue weighted by Gasteiger charge is -2.08. The van der Waals surface area contributed by atoms with Gasteiger partial charge in [0.15, 0.2) is 5.01 Å². The molecule has 0 spiro atoms. The Kier molecular flexibility index (Phi) is 3.24. The van der Waals surface area contributed by atoms with Crippen molar-refractivity contribution < 1.29 is 4.52 Å². The molecule has 96 valence electrons. The molecule has 0 aromatic carbocycles. The van der Waals surface area contributed by atoms with Crippen molar-refractivity contribution >= 4 is 16.5 Å². The second-order valence-electron chi connectivity index (χ2n) is 4.62. The van der Waals surface area contributed by atoms with Crippen LogP contribution >= 0.6 is 11.3 Å². The standard InChI is InChI=1S/C11H15N5OS/c12-8-2-1-7(5-8)6-13-11-15-14-10(18-11)9-3-4-17-16-9/h3-4,7-8H,1-2,5-6,12H2,(H,13,15)/t7-,8+/m0/s1. The fourth-order valence-electron chi connectivity index (χ4n) is 2.25. The summed E-state index contributed by atoms with van der Waals surface area (Å²) in [6.07, 6.45) is 4.96. The van der Waals surface area contributed by atoms with Crippen molar-refractivity contribution in [2.75, 3.05) is 11.9 Å². The van der Waals surface area contributed by atoms with Crippen LogP contribution in [0.25, 0.3) is 10.7 Å². The van der Waals surface area contributed by atoms with Crippen molar-refractivity contribution in [3.05, 3.63) is 12.3 Å². The van der Waals surface area contributed by atoms with E-state index >= 15 is 0 Å². The highest BCUT2D eigenvalue weighted by Crippen LogP contribution is 2.27. The van der Waals surface area contributed by atoms with Gasteiger partial charge in [0.2, 0.25) is 5.13 Å². The molecular formula is C11H15N5OS. The predicted octanol–water partition coefficient (Wildman–Crippen LogP) is 1.73. The molecule has 2 aromatic rings. The summed E-state index contributed by atoms with van der Waals surface area (Å²) >= 11 is 1.49. The van der Waals surface area contributed by atoms with Crippen LogP contribution in [0.15, 0.2) is 16.9 Å². The van der Waals surface area contributed by atoms with Crippen molar-refractivity contribution in [1.29, 1.82) is 0 Å². The lowest BCUT2D eigenvalue weighted by molar-refractivity contribution is 0.422. The quantitative estimate of drug-likeness (QED) is 0.875. The molecule has 1 fully saturated rings. The van der Waals surface area contributed by atoms with Crippen LogP contribution in [0, 0.1) is 5.92 Å². The van der Waals surface area contributed by atoms with E-state index in [-0.39, 0.29) is 0 Å². The molecule has 2 heterocycles. The van der Waals surface area contributed by atoms with Gasteiger partial charge in [0.1, 0.15) is 12.0 Å². The van der Waals surface area contributed by atoms with Gasteiger partial charge in [0.05, 0.1) is 0 Å². The highest BCUT2D eigenvalue weighted by Gasteiger charge is 2.21. The predicted molar refractivity (Wildman–Crippen MR) is 69.2 cm³/mol. The SMILES string of the molecule is N[C@@H]1CC[C@H](CNc2nnc(-c3ccon3)s2)C1. The van der Waals surface area contributed by atoms with E-state index in [9.17, 15) is 0 Å². The van der Waals surface area contributed by atoms with Gasteiger partial charge < -0.3 is 15.6 Å². The third kappa shape index (κ3) is 2.51. The van der Waals surface area contributed by atoms with Crippen LogP contribution in [-0.4, -0.2) is 27.9 Å². The zero-order valence-electron chi connectivity index (χ0n) is 9.87. The molecule has 6 nitrogen and oxygen atoms in total. The first kappa shape index (κ1) is 11.6. The first-order valence-corrected chi connectivity index (χ1v) is 6.86. The van der Waals surface area contributed by atoms with Gasteiger partial charge in [0.25, 0.3) is 0 Å². The zero-order chi connectivity index (χ0) is 12.4. The minimum absolute atomic E-state index is 0.372. The van der Waals surface area contributed by atoms with Crippen molar-refractivity contribution in [2.45, 2.75) is 25.3 Å². The summed E-state index contributed by atoms with van der Waals surface area (Å²) in [5.41, 5.74) is 6.62. The highest BCUT2D eigenvalue weighted by atomic mass is 32.1. The first-order valence-electron chi connectivity index (χ1n) is 6.05. The monoisotopic (exact) mass is 265 g/mol. The van der Waals surface area contributed by atoms with Crippen LogP contribution in [-0.2, 0) is 0 Å². The van der Waals surface area contributed by atoms with Gasteiger partial charge >= 0.3 is 0 Å². The summed E-state index contributed by atoms with van der Waals surface area (Å²) in [6, 6.07) is 2.15. The zero-order valence-corrected chi connectivity index (χ0v) is 10.7. The van der Waals surface area contributed by atoms with Crippen LogP contribution in [0.2, 0.25) is 0 Å². The molecule has 0 radical (unpaired) electrons. The number of aromatic nitrogens is 3. The Labute approximate surface area is 109 Å². The van der Waals surface area contributed by atoms with E-state index in [1.54, 1.807) is 6.07 Å². The molecule has 3 rings (SSSR count). The van der Waals surface area contributed by atoms with Gasteiger partial charge in [0, 0.05) is 18.7 Å². The van der Waals surface area contributed by atoms with Crippen molar-refractivity contribution in [3.63, 3.8) is 0 Å². The number of nitrogens with one attached hydrogen (secondary N) is 1. The maximum atomic E-state index is 5.89. The maximum absolute atomic E-state index is 5.89. The smallest absolute Gasteiger partial charge is 0.206 e. The highest BCUT2D eigenvalue weighted by molar-refractivity contribution is 7.18. The third-order valence-corrected chi connectivity index (χ3v) is 4.11. The number of anilines is 1. The normalized spacial score (nSPS) is 23.4. The molecule has 0 bridgehead atoms. The number of nitrogens with two attached hydrogens (primary N) is 1. The van der Waals surface area contributed by atoms with Gasteiger partial charge in [-0.1, -0.05) is 16.5 Å².